The minimum Gasteiger partial charge on any atom is -0.508 e. The molecule has 298 valence electrons. The first kappa shape index (κ1) is 38.3. The number of imide groups is 1. The largest absolute Gasteiger partial charge is 0.508 e. The van der Waals surface area contributed by atoms with Crippen LogP contribution in [0.5, 0.6) is 23.0 Å². The lowest BCUT2D eigenvalue weighted by Gasteiger charge is -2.36. The summed E-state index contributed by atoms with van der Waals surface area (Å²) >= 11 is 0. The van der Waals surface area contributed by atoms with Crippen LogP contribution in [0.25, 0.3) is 0 Å². The van der Waals surface area contributed by atoms with E-state index in [2.05, 4.69) is 75.8 Å². The molecule has 0 radical (unpaired) electrons. The molecule has 1 saturated heterocycles. The molecule has 4 aliphatic rings. The van der Waals surface area contributed by atoms with Crippen molar-refractivity contribution in [1.82, 2.24) is 15.1 Å². The molecule has 1 fully saturated rings. The number of anilines is 1. The Kier molecular flexibility index (Phi) is 11.6. The molecule has 3 amide bonds. The highest BCUT2D eigenvalue weighted by molar-refractivity contribution is 6.05. The van der Waals surface area contributed by atoms with E-state index in [0.29, 0.717) is 54.6 Å². The molecule has 11 heteroatoms. The average molecular weight is 773 g/mol. The fraction of sp³-hybridized carbons (Fsp3) is 0.413. The van der Waals surface area contributed by atoms with E-state index in [1.807, 2.05) is 25.1 Å². The van der Waals surface area contributed by atoms with Gasteiger partial charge >= 0.3 is 0 Å². The Balaban J connectivity index is 0.808. The molecule has 4 aromatic carbocycles. The Morgan fingerprint density at radius 2 is 1.72 bits per heavy atom. The molecule has 0 aromatic heterocycles. The number of aromatic hydroxyl groups is 1. The molecule has 0 saturated carbocycles. The van der Waals surface area contributed by atoms with Crippen LogP contribution in [-0.2, 0) is 22.6 Å². The molecule has 3 unspecified atom stereocenters. The summed E-state index contributed by atoms with van der Waals surface area (Å²) in [5.41, 5.74) is 7.34. The topological polar surface area (TPSA) is 121 Å². The van der Waals surface area contributed by atoms with Crippen LogP contribution in [0, 0.1) is 0 Å². The molecular weight excluding hydrogens is 721 g/mol. The van der Waals surface area contributed by atoms with Gasteiger partial charge in [0.1, 0.15) is 17.5 Å². The van der Waals surface area contributed by atoms with E-state index in [1.165, 1.54) is 22.3 Å². The van der Waals surface area contributed by atoms with E-state index in [4.69, 9.17) is 14.2 Å². The molecule has 0 bridgehead atoms. The zero-order valence-electron chi connectivity index (χ0n) is 32.7. The van der Waals surface area contributed by atoms with E-state index < -0.39 is 11.9 Å². The van der Waals surface area contributed by atoms with Crippen LogP contribution >= 0.6 is 0 Å². The van der Waals surface area contributed by atoms with E-state index in [9.17, 15) is 19.5 Å². The van der Waals surface area contributed by atoms with Crippen LogP contribution in [-0.4, -0.2) is 85.3 Å². The number of amides is 3. The van der Waals surface area contributed by atoms with Crippen molar-refractivity contribution in [2.75, 3.05) is 51.0 Å². The van der Waals surface area contributed by atoms with Crippen molar-refractivity contribution in [1.29, 1.82) is 0 Å². The summed E-state index contributed by atoms with van der Waals surface area (Å²) in [6.45, 7) is 7.47. The van der Waals surface area contributed by atoms with Crippen molar-refractivity contribution >= 4 is 23.9 Å². The molecule has 57 heavy (non-hydrogen) atoms. The molecule has 0 spiro atoms. The summed E-state index contributed by atoms with van der Waals surface area (Å²) in [5.74, 6) is 2.11. The molecule has 3 atom stereocenters. The Hall–Kier alpha value is -5.55. The van der Waals surface area contributed by atoms with Gasteiger partial charge in [-0.1, -0.05) is 61.9 Å². The van der Waals surface area contributed by atoms with Gasteiger partial charge in [0.05, 0.1) is 17.9 Å². The van der Waals surface area contributed by atoms with Gasteiger partial charge in [0.15, 0.2) is 11.5 Å². The van der Waals surface area contributed by atoms with Crippen molar-refractivity contribution in [2.24, 2.45) is 0 Å². The van der Waals surface area contributed by atoms with Crippen LogP contribution in [0.15, 0.2) is 78.9 Å². The van der Waals surface area contributed by atoms with Gasteiger partial charge in [-0.3, -0.25) is 24.6 Å². The Labute approximate surface area is 334 Å². The number of aryl methyl sites for hydroxylation is 1. The Morgan fingerprint density at radius 3 is 2.49 bits per heavy atom. The quantitative estimate of drug-likeness (QED) is 0.0999. The number of piperazine rings is 1. The highest BCUT2D eigenvalue weighted by Crippen LogP contribution is 2.49. The number of carbonyl (C=O) groups is 3. The second-order valence-electron chi connectivity index (χ2n) is 15.6. The number of carbonyl (C=O) groups excluding carboxylic acids is 3. The zero-order valence-corrected chi connectivity index (χ0v) is 32.7. The molecule has 1 aliphatic carbocycles. The zero-order chi connectivity index (χ0) is 39.3. The minimum atomic E-state index is -0.736. The number of unbranched alkanes of at least 4 members (excludes halogenated alkanes) is 2. The summed E-state index contributed by atoms with van der Waals surface area (Å²) in [5, 5.41) is 12.4. The molecule has 8 rings (SSSR count). The number of phenolic OH excluding ortho intramolecular Hbond substituents is 1. The van der Waals surface area contributed by atoms with Crippen LogP contribution in [0.4, 0.5) is 5.69 Å². The number of rotatable bonds is 15. The number of hydrogen-bond acceptors (Lipinski definition) is 9. The first-order chi connectivity index (χ1) is 27.9. The van der Waals surface area contributed by atoms with E-state index >= 15 is 0 Å². The lowest BCUT2D eigenvalue weighted by molar-refractivity contribution is -0.129. The first-order valence-corrected chi connectivity index (χ1v) is 20.5. The van der Waals surface area contributed by atoms with Crippen molar-refractivity contribution < 1.29 is 33.7 Å². The molecule has 4 aromatic rings. The maximum absolute atomic E-state index is 13.6. The third-order valence-electron chi connectivity index (χ3n) is 12.1. The van der Waals surface area contributed by atoms with Crippen LogP contribution in [0.2, 0.25) is 0 Å². The van der Waals surface area contributed by atoms with Gasteiger partial charge in [-0.2, -0.15) is 0 Å². The second kappa shape index (κ2) is 17.3. The van der Waals surface area contributed by atoms with Crippen LogP contribution < -0.4 is 24.4 Å². The fourth-order valence-corrected chi connectivity index (χ4v) is 9.27. The first-order valence-electron chi connectivity index (χ1n) is 20.5. The Bertz CT molecular complexity index is 2070. The van der Waals surface area contributed by atoms with Gasteiger partial charge in [-0.15, -0.1) is 0 Å². The highest BCUT2D eigenvalue weighted by Gasteiger charge is 2.42. The number of fused-ring (bicyclic) bond motifs is 4. The highest BCUT2D eigenvalue weighted by atomic mass is 16.7. The predicted molar refractivity (Wildman–Crippen MR) is 217 cm³/mol. The van der Waals surface area contributed by atoms with E-state index in [0.717, 1.165) is 81.8 Å². The van der Waals surface area contributed by atoms with Gasteiger partial charge in [0.25, 0.3) is 5.91 Å². The molecular formula is C46H52N4O7. The lowest BCUT2D eigenvalue weighted by Crippen LogP contribution is -2.46. The third-order valence-corrected chi connectivity index (χ3v) is 12.1. The number of benzene rings is 4. The Morgan fingerprint density at radius 1 is 0.930 bits per heavy atom. The predicted octanol–water partition coefficient (Wildman–Crippen LogP) is 6.75. The summed E-state index contributed by atoms with van der Waals surface area (Å²) < 4.78 is 18.0. The minimum absolute atomic E-state index is 0.0441. The molecule has 2 N–H and O–H groups in total. The average Bonchev–Trinajstić information content (AvgIpc) is 3.85. The molecule has 3 heterocycles. The molecule has 11 nitrogen and oxygen atoms in total. The van der Waals surface area contributed by atoms with Crippen LogP contribution in [0.3, 0.4) is 0 Å². The van der Waals surface area contributed by atoms with Gasteiger partial charge in [-0.25, -0.2) is 0 Å². The summed E-state index contributed by atoms with van der Waals surface area (Å²) in [6.07, 6.45) is 6.67. The normalized spacial score (nSPS) is 19.2. The third kappa shape index (κ3) is 8.03. The number of nitrogens with one attached hydrogen (secondary N) is 1. The monoisotopic (exact) mass is 772 g/mol. The lowest BCUT2D eigenvalue weighted by atomic mass is 9.69. The molecule has 3 aliphatic heterocycles. The van der Waals surface area contributed by atoms with E-state index in [-0.39, 0.29) is 25.2 Å². The van der Waals surface area contributed by atoms with Crippen molar-refractivity contribution in [3.05, 3.63) is 112 Å². The fourth-order valence-electron chi connectivity index (χ4n) is 9.27. The van der Waals surface area contributed by atoms with E-state index in [1.54, 1.807) is 4.90 Å². The summed E-state index contributed by atoms with van der Waals surface area (Å²) in [7, 11) is 0. The summed E-state index contributed by atoms with van der Waals surface area (Å²) in [4.78, 5) is 43.7. The van der Waals surface area contributed by atoms with Crippen molar-refractivity contribution in [2.45, 2.75) is 76.3 Å². The van der Waals surface area contributed by atoms with Crippen molar-refractivity contribution in [3.8, 4) is 23.0 Å². The smallest absolute Gasteiger partial charge is 0.259 e. The maximum Gasteiger partial charge on any atom is 0.259 e. The summed E-state index contributed by atoms with van der Waals surface area (Å²) in [6, 6.07) is 26.5. The maximum atomic E-state index is 13.6. The van der Waals surface area contributed by atoms with Gasteiger partial charge in [-0.05, 0) is 109 Å². The number of nitrogens with zero attached hydrogens (tertiary/aromatic N) is 3. The van der Waals surface area contributed by atoms with Crippen LogP contribution in [0.1, 0.15) is 95.5 Å². The van der Waals surface area contributed by atoms with Gasteiger partial charge in [0, 0.05) is 38.6 Å². The second-order valence-corrected chi connectivity index (χ2v) is 15.6. The SMILES string of the molecule is CCCC(C(=O)NC=O)N1Cc2cc(N3CCN(CCCCCOc4ccc(C5c6ccc(O)cc6CCC5c5ccccc5)cc4)CC3)c3c(c2C1=O)OCO3. The van der Waals surface area contributed by atoms with Gasteiger partial charge < -0.3 is 29.1 Å². The number of phenols is 1. The standard InChI is InChI=1S/C46H52N4O7/c1-2-9-39(45(53)47-29-51)50-28-34-27-40(43-44(57-30-56-43)42(34)46(50)54)49-23-21-48(22-24-49)20-7-4-8-25-55-36-16-12-32(13-17-36)41-37(31-10-5-3-6-11-31)18-14-33-26-35(52)15-19-38(33)41/h3,5-6,10-13,15-17,19,26-27,29,37,39,41,52H,2,4,7-9,14,18,20-25,28,30H2,1H3,(H,47,51,53). The number of ether oxygens (including phenoxy) is 3. The number of hydrogen-bond donors (Lipinski definition) is 2. The van der Waals surface area contributed by atoms with Gasteiger partial charge in [0.2, 0.25) is 19.1 Å². The van der Waals surface area contributed by atoms with Crippen molar-refractivity contribution in [3.63, 3.8) is 0 Å².